The first-order chi connectivity index (χ1) is 10.6. The molecule has 0 spiro atoms. The minimum absolute atomic E-state index is 0.0192. The molecule has 1 atom stereocenters. The number of anilines is 1. The molecule has 0 fully saturated rings. The highest BCUT2D eigenvalue weighted by Crippen LogP contribution is 2.38. The van der Waals surface area contributed by atoms with Crippen LogP contribution in [0.5, 0.6) is 11.5 Å². The van der Waals surface area contributed by atoms with E-state index in [-0.39, 0.29) is 21.5 Å². The van der Waals surface area contributed by atoms with Gasteiger partial charge in [-0.3, -0.25) is 9.36 Å². The minimum atomic E-state index is -4.57. The molecule has 2 aromatic rings. The number of rotatable bonds is 3. The lowest BCUT2D eigenvalue weighted by Gasteiger charge is -2.19. The molecule has 0 aliphatic rings. The van der Waals surface area contributed by atoms with Crippen molar-refractivity contribution in [1.29, 1.82) is 0 Å². The predicted molar refractivity (Wildman–Crippen MR) is 82.4 cm³/mol. The monoisotopic (exact) mass is 366 g/mol. The zero-order valence-electron chi connectivity index (χ0n) is 11.7. The third kappa shape index (κ3) is 3.92. The summed E-state index contributed by atoms with van der Waals surface area (Å²) in [7, 11) is 0. The van der Waals surface area contributed by atoms with Crippen molar-refractivity contribution in [2.75, 3.05) is 5.73 Å². The lowest BCUT2D eigenvalue weighted by Crippen LogP contribution is -2.31. The van der Waals surface area contributed by atoms with Gasteiger partial charge in [0.2, 0.25) is 0 Å². The van der Waals surface area contributed by atoms with Crippen molar-refractivity contribution in [1.82, 2.24) is 4.57 Å². The number of aromatic nitrogens is 1. The molecule has 0 radical (unpaired) electrons. The third-order valence-electron chi connectivity index (χ3n) is 3.04. The number of hydrogen-bond donors (Lipinski definition) is 1. The average Bonchev–Trinajstić information content (AvgIpc) is 2.42. The second-order valence-electron chi connectivity index (χ2n) is 4.74. The maximum absolute atomic E-state index is 12.8. The van der Waals surface area contributed by atoms with Crippen LogP contribution in [-0.4, -0.2) is 10.7 Å². The summed E-state index contributed by atoms with van der Waals surface area (Å²) in [5.41, 5.74) is 5.06. The van der Waals surface area contributed by atoms with Gasteiger partial charge in [0.25, 0.3) is 5.56 Å². The average molecular weight is 367 g/mol. The molecule has 0 amide bonds. The van der Waals surface area contributed by atoms with Crippen LogP contribution in [0.25, 0.3) is 0 Å². The van der Waals surface area contributed by atoms with Gasteiger partial charge in [-0.2, -0.15) is 13.2 Å². The number of nitrogens with two attached hydrogens (primary N) is 1. The van der Waals surface area contributed by atoms with E-state index >= 15 is 0 Å². The van der Waals surface area contributed by atoms with Gasteiger partial charge in [0.15, 0.2) is 5.75 Å². The molecule has 0 aliphatic heterocycles. The normalized spacial score (nSPS) is 13.0. The highest BCUT2D eigenvalue weighted by atomic mass is 35.5. The number of nitrogens with zero attached hydrogens (tertiary/aromatic N) is 1. The molecule has 1 unspecified atom stereocenters. The molecule has 1 aromatic carbocycles. The van der Waals surface area contributed by atoms with Gasteiger partial charge in [-0.05, 0) is 25.1 Å². The highest BCUT2D eigenvalue weighted by Gasteiger charge is 2.37. The Hall–Kier alpha value is -1.86. The number of ether oxygens (including phenoxy) is 1. The Balaban J connectivity index is 2.42. The van der Waals surface area contributed by atoms with Gasteiger partial charge >= 0.3 is 6.18 Å². The summed E-state index contributed by atoms with van der Waals surface area (Å²) in [6.07, 6.45) is -3.62. The fourth-order valence-corrected chi connectivity index (χ4v) is 2.38. The molecule has 0 saturated carbocycles. The topological polar surface area (TPSA) is 57.2 Å². The summed E-state index contributed by atoms with van der Waals surface area (Å²) >= 11 is 11.9. The van der Waals surface area contributed by atoms with E-state index in [0.29, 0.717) is 10.3 Å². The van der Waals surface area contributed by atoms with Crippen molar-refractivity contribution >= 4 is 28.9 Å². The molecular formula is C14H11Cl2F3N2O2. The van der Waals surface area contributed by atoms with Crippen molar-refractivity contribution in [3.63, 3.8) is 0 Å². The van der Waals surface area contributed by atoms with Crippen molar-refractivity contribution in [2.24, 2.45) is 0 Å². The zero-order chi connectivity index (χ0) is 17.4. The lowest BCUT2D eigenvalue weighted by atomic mass is 10.3. The molecule has 1 aromatic heterocycles. The second kappa shape index (κ2) is 6.33. The molecule has 0 saturated heterocycles. The SMILES string of the molecule is CC(n1cc(Oc2c(Cl)cc(N)cc2Cl)ccc1=O)C(F)(F)F. The Morgan fingerprint density at radius 2 is 1.78 bits per heavy atom. The van der Waals surface area contributed by atoms with Crippen molar-refractivity contribution in [3.8, 4) is 11.5 Å². The van der Waals surface area contributed by atoms with Crippen LogP contribution in [-0.2, 0) is 0 Å². The van der Waals surface area contributed by atoms with E-state index in [4.69, 9.17) is 33.7 Å². The number of alkyl halides is 3. The summed E-state index contributed by atoms with van der Waals surface area (Å²) in [4.78, 5) is 11.6. The number of pyridine rings is 1. The second-order valence-corrected chi connectivity index (χ2v) is 5.56. The number of nitrogen functional groups attached to an aromatic ring is 1. The molecule has 4 nitrogen and oxygen atoms in total. The number of benzene rings is 1. The molecule has 9 heteroatoms. The van der Waals surface area contributed by atoms with E-state index in [1.54, 1.807) is 0 Å². The molecule has 0 bridgehead atoms. The smallest absolute Gasteiger partial charge is 0.408 e. The molecule has 124 valence electrons. The lowest BCUT2D eigenvalue weighted by molar-refractivity contribution is -0.163. The summed E-state index contributed by atoms with van der Waals surface area (Å²) in [6.45, 7) is 0.869. The fourth-order valence-electron chi connectivity index (χ4n) is 1.80. The Kier molecular flexibility index (Phi) is 4.81. The largest absolute Gasteiger partial charge is 0.453 e. The Bertz CT molecular complexity index is 767. The highest BCUT2D eigenvalue weighted by molar-refractivity contribution is 6.37. The molecule has 23 heavy (non-hydrogen) atoms. The minimum Gasteiger partial charge on any atom is -0.453 e. The first kappa shape index (κ1) is 17.5. The zero-order valence-corrected chi connectivity index (χ0v) is 13.2. The van der Waals surface area contributed by atoms with Crippen LogP contribution < -0.4 is 16.0 Å². The van der Waals surface area contributed by atoms with E-state index in [2.05, 4.69) is 0 Å². The van der Waals surface area contributed by atoms with Crippen molar-refractivity contribution in [3.05, 3.63) is 50.9 Å². The summed E-state index contributed by atoms with van der Waals surface area (Å²) in [5.74, 6) is 0.0154. The van der Waals surface area contributed by atoms with Crippen molar-refractivity contribution in [2.45, 2.75) is 19.1 Å². The van der Waals surface area contributed by atoms with Crippen LogP contribution in [0, 0.1) is 0 Å². The van der Waals surface area contributed by atoms with Crippen LogP contribution in [0.4, 0.5) is 18.9 Å². The van der Waals surface area contributed by atoms with Crippen LogP contribution in [0.2, 0.25) is 10.0 Å². The maximum atomic E-state index is 12.8. The van der Waals surface area contributed by atoms with E-state index in [1.807, 2.05) is 0 Å². The number of hydrogen-bond acceptors (Lipinski definition) is 3. The summed E-state index contributed by atoms with van der Waals surface area (Å²) in [6, 6.07) is 2.96. The first-order valence-corrected chi connectivity index (χ1v) is 7.06. The third-order valence-corrected chi connectivity index (χ3v) is 3.60. The summed E-state index contributed by atoms with van der Waals surface area (Å²) in [5, 5.41) is 0.188. The molecule has 0 aliphatic carbocycles. The van der Waals surface area contributed by atoms with Crippen molar-refractivity contribution < 1.29 is 17.9 Å². The van der Waals surface area contributed by atoms with Gasteiger partial charge in [-0.15, -0.1) is 0 Å². The molecule has 2 rings (SSSR count). The fraction of sp³-hybridized carbons (Fsp3) is 0.214. The first-order valence-electron chi connectivity index (χ1n) is 6.31. The van der Waals surface area contributed by atoms with E-state index in [0.717, 1.165) is 19.2 Å². The van der Waals surface area contributed by atoms with Gasteiger partial charge < -0.3 is 10.5 Å². The number of halogens is 5. The van der Waals surface area contributed by atoms with E-state index < -0.39 is 17.8 Å². The van der Waals surface area contributed by atoms with Crippen LogP contribution in [0.3, 0.4) is 0 Å². The Morgan fingerprint density at radius 3 is 2.30 bits per heavy atom. The Labute approximate surface area is 139 Å². The van der Waals surface area contributed by atoms with Gasteiger partial charge in [0.05, 0.1) is 16.2 Å². The van der Waals surface area contributed by atoms with Gasteiger partial charge in [0, 0.05) is 11.8 Å². The van der Waals surface area contributed by atoms with Crippen LogP contribution in [0.1, 0.15) is 13.0 Å². The molecular weight excluding hydrogens is 356 g/mol. The van der Waals surface area contributed by atoms with Gasteiger partial charge in [-0.25, -0.2) is 0 Å². The molecule has 2 N–H and O–H groups in total. The van der Waals surface area contributed by atoms with Gasteiger partial charge in [0.1, 0.15) is 11.8 Å². The van der Waals surface area contributed by atoms with Crippen LogP contribution >= 0.6 is 23.2 Å². The van der Waals surface area contributed by atoms with Gasteiger partial charge in [-0.1, -0.05) is 23.2 Å². The molecule has 1 heterocycles. The van der Waals surface area contributed by atoms with E-state index in [1.165, 1.54) is 18.2 Å². The Morgan fingerprint density at radius 1 is 1.22 bits per heavy atom. The quantitative estimate of drug-likeness (QED) is 0.804. The maximum Gasteiger partial charge on any atom is 0.408 e. The predicted octanol–water partition coefficient (Wildman–Crippen LogP) is 4.65. The standard InChI is InChI=1S/C14H11Cl2F3N2O2/c1-7(14(17,18)19)21-6-9(2-3-12(21)22)23-13-10(15)4-8(20)5-11(13)16/h2-7H,20H2,1H3. The summed E-state index contributed by atoms with van der Waals surface area (Å²) < 4.78 is 44.3. The van der Waals surface area contributed by atoms with E-state index in [9.17, 15) is 18.0 Å². The van der Waals surface area contributed by atoms with Crippen LogP contribution in [0.15, 0.2) is 35.3 Å².